The van der Waals surface area contributed by atoms with Crippen molar-refractivity contribution in [2.24, 2.45) is 11.8 Å². The van der Waals surface area contributed by atoms with Gasteiger partial charge in [0.1, 0.15) is 0 Å². The summed E-state index contributed by atoms with van der Waals surface area (Å²) in [5, 5.41) is 2.07. The number of nitrogens with zero attached hydrogens (tertiary/aromatic N) is 1. The summed E-state index contributed by atoms with van der Waals surface area (Å²) in [6.07, 6.45) is 1.50. The first-order chi connectivity index (χ1) is 9.08. The van der Waals surface area contributed by atoms with Gasteiger partial charge in [0.25, 0.3) is 0 Å². The van der Waals surface area contributed by atoms with Gasteiger partial charge in [-0.2, -0.15) is 0 Å². The fourth-order valence-electron chi connectivity index (χ4n) is 1.54. The van der Waals surface area contributed by atoms with Crippen molar-refractivity contribution < 1.29 is 4.79 Å². The van der Waals surface area contributed by atoms with Crippen LogP contribution in [0.2, 0.25) is 0 Å². The summed E-state index contributed by atoms with van der Waals surface area (Å²) < 4.78 is 4.88. The first-order valence-electron chi connectivity index (χ1n) is 6.07. The fourth-order valence-corrected chi connectivity index (χ4v) is 4.62. The zero-order valence-corrected chi connectivity index (χ0v) is 13.3. The van der Waals surface area contributed by atoms with Crippen molar-refractivity contribution in [2.45, 2.75) is 30.9 Å². The number of hydrogen-bond donors (Lipinski definition) is 2. The molecule has 1 atom stereocenters. The van der Waals surface area contributed by atoms with Crippen molar-refractivity contribution in [3.8, 4) is 0 Å². The van der Waals surface area contributed by atoms with E-state index in [0.29, 0.717) is 12.3 Å². The quantitative estimate of drug-likeness (QED) is 0.486. The average Bonchev–Trinajstić information content (AvgIpc) is 2.88. The molecule has 0 bridgehead atoms. The average molecular weight is 315 g/mol. The van der Waals surface area contributed by atoms with Crippen LogP contribution < -0.4 is 11.3 Å². The fraction of sp³-hybridized carbons (Fsp3) is 0.417. The number of amides is 1. The Balaban J connectivity index is 1.85. The number of carbonyl (C=O) groups is 1. The summed E-state index contributed by atoms with van der Waals surface area (Å²) >= 11 is 4.73. The van der Waals surface area contributed by atoms with Crippen molar-refractivity contribution in [1.82, 2.24) is 9.95 Å². The largest absolute Gasteiger partial charge is 0.274 e. The highest BCUT2D eigenvalue weighted by molar-refractivity contribution is 7.99. The van der Waals surface area contributed by atoms with Crippen molar-refractivity contribution >= 4 is 49.9 Å². The van der Waals surface area contributed by atoms with Gasteiger partial charge < -0.3 is 0 Å². The van der Waals surface area contributed by atoms with Crippen LogP contribution in [0.4, 0.5) is 0 Å². The van der Waals surface area contributed by atoms with E-state index in [9.17, 15) is 4.79 Å². The Morgan fingerprint density at radius 1 is 1.58 bits per heavy atom. The maximum atomic E-state index is 11.7. The van der Waals surface area contributed by atoms with Crippen LogP contribution in [0.5, 0.6) is 0 Å². The minimum atomic E-state index is -0.0391. The summed E-state index contributed by atoms with van der Waals surface area (Å²) in [5.41, 5.74) is 2.68. The van der Waals surface area contributed by atoms with Gasteiger partial charge in [-0.1, -0.05) is 24.8 Å². The van der Waals surface area contributed by atoms with Gasteiger partial charge in [0.05, 0.1) is 4.21 Å². The van der Waals surface area contributed by atoms with E-state index in [1.165, 1.54) is 25.9 Å². The van der Waals surface area contributed by atoms with E-state index in [-0.39, 0.29) is 5.91 Å². The van der Waals surface area contributed by atoms with Crippen LogP contribution in [0.25, 0.3) is 9.40 Å². The van der Waals surface area contributed by atoms with Crippen molar-refractivity contribution in [1.29, 1.82) is 0 Å². The van der Waals surface area contributed by atoms with Gasteiger partial charge in [0, 0.05) is 27.8 Å². The topological polar surface area (TPSA) is 58.4 Å². The maximum Gasteiger partial charge on any atom is 0.236 e. The minimum Gasteiger partial charge on any atom is -0.274 e. The van der Waals surface area contributed by atoms with Crippen LogP contribution in [0, 0.1) is 5.92 Å². The molecule has 0 saturated carbocycles. The zero-order valence-electron chi connectivity index (χ0n) is 10.9. The molecule has 0 fully saturated rings. The molecule has 0 aliphatic carbocycles. The lowest BCUT2D eigenvalue weighted by Crippen LogP contribution is -2.42. The number of carbonyl (C=O) groups excluding carboxylic acids is 1. The Kier molecular flexibility index (Phi) is 5.23. The third-order valence-corrected chi connectivity index (χ3v) is 5.72. The highest BCUT2D eigenvalue weighted by Crippen LogP contribution is 2.35. The molecule has 4 nitrogen and oxygen atoms in total. The van der Waals surface area contributed by atoms with Crippen molar-refractivity contribution in [3.05, 3.63) is 17.5 Å². The molecule has 19 heavy (non-hydrogen) atoms. The van der Waals surface area contributed by atoms with Crippen molar-refractivity contribution in [2.75, 3.05) is 0 Å². The summed E-state index contributed by atoms with van der Waals surface area (Å²) in [7, 11) is 0. The number of rotatable bonds is 6. The third-order valence-electron chi connectivity index (χ3n) is 2.77. The number of nitrogens with two attached hydrogens (primary N) is 1. The first-order valence-corrected chi connectivity index (χ1v) is 8.54. The summed E-state index contributed by atoms with van der Waals surface area (Å²) in [6, 6.07) is 4.19. The smallest absolute Gasteiger partial charge is 0.236 e. The number of nitrogens with one attached hydrogen (secondary N) is 1. The van der Waals surface area contributed by atoms with Gasteiger partial charge in [0.15, 0.2) is 0 Å². The van der Waals surface area contributed by atoms with Crippen LogP contribution in [0.1, 0.15) is 26.7 Å². The molecule has 2 rings (SSSR count). The van der Waals surface area contributed by atoms with Gasteiger partial charge >= 0.3 is 0 Å². The van der Waals surface area contributed by atoms with Crippen LogP contribution in [-0.2, 0) is 4.79 Å². The monoisotopic (exact) mass is 315 g/mol. The molecule has 2 heterocycles. The van der Waals surface area contributed by atoms with E-state index in [0.717, 1.165) is 10.6 Å². The molecule has 2 aromatic heterocycles. The molecule has 1 amide bonds. The minimum absolute atomic E-state index is 0.0391. The highest BCUT2D eigenvalue weighted by Gasteiger charge is 2.12. The second kappa shape index (κ2) is 6.71. The van der Waals surface area contributed by atoms with Gasteiger partial charge in [-0.3, -0.25) is 10.2 Å². The maximum absolute atomic E-state index is 11.7. The lowest BCUT2D eigenvalue weighted by molar-refractivity contribution is -0.124. The van der Waals surface area contributed by atoms with Gasteiger partial charge in [-0.05, 0) is 23.4 Å². The molecule has 104 valence electrons. The lowest BCUT2D eigenvalue weighted by atomic mass is 10.1. The molecular weight excluding hydrogens is 298 g/mol. The Hall–Kier alpha value is -0.600. The molecule has 0 saturated heterocycles. The van der Waals surface area contributed by atoms with Crippen molar-refractivity contribution in [3.63, 3.8) is 0 Å². The second-order valence-corrected chi connectivity index (χ2v) is 7.69. The van der Waals surface area contributed by atoms with E-state index in [4.69, 9.17) is 5.84 Å². The van der Waals surface area contributed by atoms with Crippen LogP contribution in [-0.4, -0.2) is 10.4 Å². The van der Waals surface area contributed by atoms with E-state index in [1.807, 2.05) is 0 Å². The van der Waals surface area contributed by atoms with E-state index < -0.39 is 0 Å². The van der Waals surface area contributed by atoms with Gasteiger partial charge in [-0.15, -0.1) is 22.7 Å². The molecule has 1 unspecified atom stereocenters. The predicted molar refractivity (Wildman–Crippen MR) is 83.8 cm³/mol. The molecule has 0 spiro atoms. The number of hydrazine groups is 2. The molecule has 2 aromatic rings. The van der Waals surface area contributed by atoms with Crippen LogP contribution in [0.3, 0.4) is 0 Å². The van der Waals surface area contributed by atoms with Crippen LogP contribution in [0.15, 0.2) is 21.7 Å². The number of hydrogen-bond acceptors (Lipinski definition) is 6. The predicted octanol–water partition coefficient (Wildman–Crippen LogP) is 3.61. The summed E-state index contributed by atoms with van der Waals surface area (Å²) in [6.45, 7) is 4.13. The molecule has 7 heteroatoms. The molecule has 0 aliphatic rings. The van der Waals surface area contributed by atoms with Crippen LogP contribution >= 0.6 is 34.6 Å². The summed E-state index contributed by atoms with van der Waals surface area (Å²) in [4.78, 5) is 11.7. The highest BCUT2D eigenvalue weighted by atomic mass is 32.2. The normalized spacial score (nSPS) is 13.1. The van der Waals surface area contributed by atoms with E-state index in [1.54, 1.807) is 22.7 Å². The van der Waals surface area contributed by atoms with E-state index >= 15 is 0 Å². The molecule has 0 aliphatic heterocycles. The summed E-state index contributed by atoms with van der Waals surface area (Å²) in [5.74, 6) is 6.13. The second-order valence-electron chi connectivity index (χ2n) is 4.38. The first kappa shape index (κ1) is 14.8. The zero-order chi connectivity index (χ0) is 13.8. The molecule has 3 N–H and O–H groups in total. The van der Waals surface area contributed by atoms with Gasteiger partial charge in [0.2, 0.25) is 5.91 Å². The molecule has 0 aromatic carbocycles. The van der Waals surface area contributed by atoms with Gasteiger partial charge in [-0.25, -0.2) is 5.84 Å². The number of fused-ring (bicyclic) bond motifs is 1. The lowest BCUT2D eigenvalue weighted by Gasteiger charge is -2.16. The molecule has 0 radical (unpaired) electrons. The Morgan fingerprint density at radius 3 is 3.05 bits per heavy atom. The Morgan fingerprint density at radius 2 is 2.37 bits per heavy atom. The van der Waals surface area contributed by atoms with E-state index in [2.05, 4.69) is 36.8 Å². The number of thiophene rings is 2. The molecular formula is C12H17N3OS3. The Labute approximate surface area is 125 Å². The Bertz CT molecular complexity index is 523. The third kappa shape index (κ3) is 4.19. The standard InChI is InChI=1S/C12H17N3OS3/c1-3-8(2)6-11(16)14-15(13)19-12-7-10-9(18-12)4-5-17-10/h4-5,7-8H,3,6,13H2,1-2H3,(H,14,16). The SMILES string of the molecule is CCC(C)CC(=O)NN(N)Sc1cc2sccc2s1.